The third-order valence-corrected chi connectivity index (χ3v) is 5.16. The first kappa shape index (κ1) is 18.4. The van der Waals surface area contributed by atoms with Crippen LogP contribution in [0.1, 0.15) is 25.3 Å². The van der Waals surface area contributed by atoms with Gasteiger partial charge in [-0.1, -0.05) is 12.1 Å². The summed E-state index contributed by atoms with van der Waals surface area (Å²) in [5.41, 5.74) is 2.58. The van der Waals surface area contributed by atoms with Crippen LogP contribution in [0.2, 0.25) is 0 Å². The van der Waals surface area contributed by atoms with Crippen molar-refractivity contribution >= 4 is 22.4 Å². The lowest BCUT2D eigenvalue weighted by Crippen LogP contribution is -2.41. The number of rotatable bonds is 6. The van der Waals surface area contributed by atoms with Gasteiger partial charge in [-0.15, -0.1) is 11.3 Å². The van der Waals surface area contributed by atoms with E-state index < -0.39 is 0 Å². The van der Waals surface area contributed by atoms with Gasteiger partial charge < -0.3 is 10.1 Å². The second-order valence-corrected chi connectivity index (χ2v) is 7.08. The highest BCUT2D eigenvalue weighted by molar-refractivity contribution is 7.14. The number of aromatic nitrogens is 1. The first-order valence-electron chi connectivity index (χ1n) is 8.78. The lowest BCUT2D eigenvalue weighted by atomic mass is 10.1. The maximum absolute atomic E-state index is 11.6. The van der Waals surface area contributed by atoms with Gasteiger partial charge in [0.1, 0.15) is 0 Å². The number of piperidine rings is 1. The number of anilines is 1. The van der Waals surface area contributed by atoms with Crippen molar-refractivity contribution in [2.75, 3.05) is 31.6 Å². The number of thiazole rings is 1. The van der Waals surface area contributed by atoms with Crippen LogP contribution in [-0.2, 0) is 9.53 Å². The van der Waals surface area contributed by atoms with Crippen molar-refractivity contribution in [2.24, 2.45) is 0 Å². The molecule has 3 rings (SSSR count). The summed E-state index contributed by atoms with van der Waals surface area (Å²) >= 11 is 1.59. The van der Waals surface area contributed by atoms with Crippen molar-refractivity contribution in [1.82, 2.24) is 9.88 Å². The Morgan fingerprint density at radius 3 is 2.77 bits per heavy atom. The molecule has 0 spiro atoms. The molecule has 136 valence electrons. The van der Waals surface area contributed by atoms with E-state index in [9.17, 15) is 4.79 Å². The average Bonchev–Trinajstić information content (AvgIpc) is 3.12. The monoisotopic (exact) mass is 370 g/mol. The van der Waals surface area contributed by atoms with Gasteiger partial charge in [0.2, 0.25) is 0 Å². The van der Waals surface area contributed by atoms with Crippen LogP contribution in [0.25, 0.3) is 11.3 Å². The van der Waals surface area contributed by atoms with E-state index >= 15 is 0 Å². The van der Waals surface area contributed by atoms with Gasteiger partial charge in [0, 0.05) is 30.1 Å². The smallest absolute Gasteiger partial charge is 0.320 e. The fraction of sp³-hybridized carbons (Fsp3) is 0.421. The predicted octanol–water partition coefficient (Wildman–Crippen LogP) is 3.12. The molecule has 1 saturated heterocycles. The first-order chi connectivity index (χ1) is 12.7. The minimum atomic E-state index is -0.147. The zero-order valence-electron chi connectivity index (χ0n) is 14.8. The van der Waals surface area contributed by atoms with Crippen LogP contribution in [-0.4, -0.2) is 48.1 Å². The molecule has 0 radical (unpaired) electrons. The van der Waals surface area contributed by atoms with Crippen LogP contribution in [0, 0.1) is 11.3 Å². The second kappa shape index (κ2) is 8.79. The summed E-state index contributed by atoms with van der Waals surface area (Å²) in [4.78, 5) is 18.4. The molecule has 0 atom stereocenters. The highest BCUT2D eigenvalue weighted by Crippen LogP contribution is 2.26. The zero-order chi connectivity index (χ0) is 18.4. The van der Waals surface area contributed by atoms with E-state index in [4.69, 9.17) is 10.00 Å². The standard InChI is InChI=1S/C19H22N4O2S/c1-2-25-18(24)12-23-9-7-16(8-10-23)21-19-22-17(13-26-19)15-5-3-14(11-20)4-6-15/h3-6,13,16H,2,7-10,12H2,1H3,(H,21,22). The SMILES string of the molecule is CCOC(=O)CN1CCC(Nc2nc(-c3ccc(C#N)cc3)cs2)CC1. The summed E-state index contributed by atoms with van der Waals surface area (Å²) < 4.78 is 5.00. The average molecular weight is 370 g/mol. The van der Waals surface area contributed by atoms with Crippen molar-refractivity contribution in [3.63, 3.8) is 0 Å². The summed E-state index contributed by atoms with van der Waals surface area (Å²) in [5, 5.41) is 15.3. The highest BCUT2D eigenvalue weighted by atomic mass is 32.1. The molecule has 0 unspecified atom stereocenters. The first-order valence-corrected chi connectivity index (χ1v) is 9.66. The van der Waals surface area contributed by atoms with Crippen molar-refractivity contribution in [1.29, 1.82) is 5.26 Å². The van der Waals surface area contributed by atoms with E-state index in [2.05, 4.69) is 21.3 Å². The Bertz CT molecular complexity index is 774. The Hall–Kier alpha value is -2.43. The summed E-state index contributed by atoms with van der Waals surface area (Å²) in [7, 11) is 0. The Labute approximate surface area is 157 Å². The molecule has 6 nitrogen and oxygen atoms in total. The van der Waals surface area contributed by atoms with Gasteiger partial charge in [0.05, 0.1) is 30.5 Å². The third-order valence-electron chi connectivity index (χ3n) is 4.39. The summed E-state index contributed by atoms with van der Waals surface area (Å²) in [6.07, 6.45) is 1.95. The normalized spacial score (nSPS) is 15.4. The molecule has 0 amide bonds. The van der Waals surface area contributed by atoms with Crippen LogP contribution in [0.3, 0.4) is 0 Å². The van der Waals surface area contributed by atoms with Crippen molar-refractivity contribution in [3.8, 4) is 17.3 Å². The molecule has 0 aliphatic carbocycles. The molecule has 1 aromatic heterocycles. The molecule has 1 aliphatic rings. The topological polar surface area (TPSA) is 78.2 Å². The Kier molecular flexibility index (Phi) is 6.21. The van der Waals surface area contributed by atoms with Gasteiger partial charge in [-0.2, -0.15) is 5.26 Å². The largest absolute Gasteiger partial charge is 0.465 e. The number of carbonyl (C=O) groups is 1. The minimum absolute atomic E-state index is 0.147. The van der Waals surface area contributed by atoms with Crippen molar-refractivity contribution < 1.29 is 9.53 Å². The molecule has 0 bridgehead atoms. The Morgan fingerprint density at radius 1 is 1.38 bits per heavy atom. The van der Waals surface area contributed by atoms with Crippen LogP contribution in [0.15, 0.2) is 29.6 Å². The number of hydrogen-bond acceptors (Lipinski definition) is 7. The minimum Gasteiger partial charge on any atom is -0.465 e. The number of hydrogen-bond donors (Lipinski definition) is 1. The van der Waals surface area contributed by atoms with E-state index in [-0.39, 0.29) is 5.97 Å². The Balaban J connectivity index is 1.51. The molecule has 2 aromatic rings. The van der Waals surface area contributed by atoms with E-state index in [1.165, 1.54) is 0 Å². The maximum Gasteiger partial charge on any atom is 0.320 e. The lowest BCUT2D eigenvalue weighted by molar-refractivity contribution is -0.144. The Morgan fingerprint density at radius 2 is 2.12 bits per heavy atom. The van der Waals surface area contributed by atoms with Crippen LogP contribution >= 0.6 is 11.3 Å². The van der Waals surface area contributed by atoms with Gasteiger partial charge in [-0.05, 0) is 31.9 Å². The number of likely N-dealkylation sites (tertiary alicyclic amines) is 1. The van der Waals surface area contributed by atoms with E-state index in [0.29, 0.717) is 24.8 Å². The number of esters is 1. The molecule has 1 aliphatic heterocycles. The van der Waals surface area contributed by atoms with Gasteiger partial charge in [0.15, 0.2) is 5.13 Å². The molecule has 7 heteroatoms. The number of nitrogens with one attached hydrogen (secondary N) is 1. The highest BCUT2D eigenvalue weighted by Gasteiger charge is 2.21. The molecule has 1 N–H and O–H groups in total. The molecular weight excluding hydrogens is 348 g/mol. The van der Waals surface area contributed by atoms with E-state index in [1.807, 2.05) is 24.4 Å². The number of ether oxygens (including phenoxy) is 1. The van der Waals surface area contributed by atoms with Gasteiger partial charge in [-0.25, -0.2) is 4.98 Å². The third kappa shape index (κ3) is 4.81. The molecule has 0 saturated carbocycles. The van der Waals surface area contributed by atoms with E-state index in [0.717, 1.165) is 42.3 Å². The summed E-state index contributed by atoms with van der Waals surface area (Å²) in [6, 6.07) is 9.95. The van der Waals surface area contributed by atoms with Crippen molar-refractivity contribution in [3.05, 3.63) is 35.2 Å². The molecule has 26 heavy (non-hydrogen) atoms. The molecular formula is C19H22N4O2S. The van der Waals surface area contributed by atoms with Gasteiger partial charge in [0.25, 0.3) is 0 Å². The predicted molar refractivity (Wildman–Crippen MR) is 102 cm³/mol. The van der Waals surface area contributed by atoms with Gasteiger partial charge >= 0.3 is 5.97 Å². The summed E-state index contributed by atoms with van der Waals surface area (Å²) in [5.74, 6) is -0.147. The number of nitrogens with zero attached hydrogens (tertiary/aromatic N) is 3. The fourth-order valence-corrected chi connectivity index (χ4v) is 3.79. The van der Waals surface area contributed by atoms with Crippen molar-refractivity contribution in [2.45, 2.75) is 25.8 Å². The molecule has 2 heterocycles. The van der Waals surface area contributed by atoms with E-state index in [1.54, 1.807) is 23.5 Å². The van der Waals surface area contributed by atoms with Gasteiger partial charge in [-0.3, -0.25) is 9.69 Å². The second-order valence-electron chi connectivity index (χ2n) is 6.23. The van der Waals surface area contributed by atoms with Crippen LogP contribution in [0.4, 0.5) is 5.13 Å². The quantitative estimate of drug-likeness (QED) is 0.787. The lowest BCUT2D eigenvalue weighted by Gasteiger charge is -2.31. The zero-order valence-corrected chi connectivity index (χ0v) is 15.6. The number of carbonyl (C=O) groups excluding carboxylic acids is 1. The van der Waals surface area contributed by atoms with Crippen LogP contribution in [0.5, 0.6) is 0 Å². The molecule has 1 fully saturated rings. The fourth-order valence-electron chi connectivity index (χ4n) is 2.99. The number of nitriles is 1. The summed E-state index contributed by atoms with van der Waals surface area (Å²) in [6.45, 7) is 4.39. The molecule has 1 aromatic carbocycles. The van der Waals surface area contributed by atoms with Crippen LogP contribution < -0.4 is 5.32 Å². The number of benzene rings is 1. The maximum atomic E-state index is 11.6.